The molecule has 150 valence electrons. The van der Waals surface area contributed by atoms with Crippen LogP contribution in [0.4, 0.5) is 10.8 Å². The maximum atomic E-state index is 12.1. The number of aliphatic carboxylic acids is 1. The first kappa shape index (κ1) is 20.4. The van der Waals surface area contributed by atoms with Crippen molar-refractivity contribution in [3.8, 4) is 0 Å². The van der Waals surface area contributed by atoms with Gasteiger partial charge in [0.2, 0.25) is 11.8 Å². The number of amides is 3. The van der Waals surface area contributed by atoms with Crippen molar-refractivity contribution in [2.24, 2.45) is 5.73 Å². The molecule has 7 N–H and O–H groups in total. The number of aliphatic hydroxyl groups excluding tert-OH is 1. The lowest BCUT2D eigenvalue weighted by molar-refractivity contribution is -0.141. The van der Waals surface area contributed by atoms with Gasteiger partial charge in [-0.1, -0.05) is 5.10 Å². The fraction of sp³-hybridized carbons (Fsp3) is 0.643. The lowest BCUT2D eigenvalue weighted by Gasteiger charge is -2.25. The Hall–Kier alpha value is -2.93. The smallest absolute Gasteiger partial charge is 0.328 e. The third kappa shape index (κ3) is 5.79. The molecule has 27 heavy (non-hydrogen) atoms. The third-order valence-electron chi connectivity index (χ3n) is 3.86. The first-order valence-electron chi connectivity index (χ1n) is 8.33. The van der Waals surface area contributed by atoms with E-state index in [-0.39, 0.29) is 18.3 Å². The van der Waals surface area contributed by atoms with Crippen molar-refractivity contribution in [2.75, 3.05) is 31.1 Å². The Morgan fingerprint density at radius 1 is 1.30 bits per heavy atom. The molecule has 1 saturated heterocycles. The molecule has 2 heterocycles. The molecule has 0 aliphatic carbocycles. The summed E-state index contributed by atoms with van der Waals surface area (Å²) in [5.41, 5.74) is 5.20. The third-order valence-corrected chi connectivity index (χ3v) is 3.86. The molecule has 1 aromatic heterocycles. The van der Waals surface area contributed by atoms with Crippen molar-refractivity contribution in [3.05, 3.63) is 5.89 Å². The largest absolute Gasteiger partial charge is 0.480 e. The Morgan fingerprint density at radius 3 is 2.52 bits per heavy atom. The summed E-state index contributed by atoms with van der Waals surface area (Å²) < 4.78 is 5.55. The molecule has 0 aromatic carbocycles. The van der Waals surface area contributed by atoms with Gasteiger partial charge < -0.3 is 41.2 Å². The van der Waals surface area contributed by atoms with E-state index in [1.807, 2.05) is 4.90 Å². The maximum absolute atomic E-state index is 12.1. The van der Waals surface area contributed by atoms with Crippen molar-refractivity contribution in [1.29, 1.82) is 0 Å². The van der Waals surface area contributed by atoms with Crippen LogP contribution in [-0.4, -0.2) is 76.6 Å². The zero-order valence-corrected chi connectivity index (χ0v) is 14.7. The number of aliphatic hydroxyl groups is 1. The number of rotatable bonds is 8. The standard InChI is InChI=1S/C14H23N7O6/c1-7(22)10(12(24)25)18-13(26)17-8(6-9(15)23)11-19-20-14(27-11)21-4-2-16-3-5-21/h7-8,10,16,22H,2-6H2,1H3,(H2,15,23)(H,24,25)(H2,17,18,26)/t7?,8-,10?/m0/s1. The van der Waals surface area contributed by atoms with E-state index in [4.69, 9.17) is 15.3 Å². The van der Waals surface area contributed by atoms with Crippen LogP contribution in [0.2, 0.25) is 0 Å². The minimum atomic E-state index is -1.53. The highest BCUT2D eigenvalue weighted by molar-refractivity contribution is 5.83. The highest BCUT2D eigenvalue weighted by Gasteiger charge is 2.29. The van der Waals surface area contributed by atoms with Gasteiger partial charge in [0.15, 0.2) is 6.04 Å². The number of primary amides is 1. The van der Waals surface area contributed by atoms with Crippen LogP contribution in [0.3, 0.4) is 0 Å². The quantitative estimate of drug-likeness (QED) is 0.279. The Bertz CT molecular complexity index is 673. The second kappa shape index (κ2) is 9.14. The number of piperazine rings is 1. The molecule has 1 aromatic rings. The van der Waals surface area contributed by atoms with Gasteiger partial charge in [-0.05, 0) is 6.92 Å². The van der Waals surface area contributed by atoms with Gasteiger partial charge >= 0.3 is 18.0 Å². The lowest BCUT2D eigenvalue weighted by atomic mass is 10.2. The van der Waals surface area contributed by atoms with E-state index in [1.54, 1.807) is 0 Å². The predicted molar refractivity (Wildman–Crippen MR) is 90.7 cm³/mol. The molecule has 13 heteroatoms. The van der Waals surface area contributed by atoms with E-state index in [1.165, 1.54) is 6.92 Å². The normalized spacial score (nSPS) is 17.6. The number of aromatic nitrogens is 2. The van der Waals surface area contributed by atoms with E-state index in [0.717, 1.165) is 13.1 Å². The average Bonchev–Trinajstić information content (AvgIpc) is 3.09. The Morgan fingerprint density at radius 2 is 1.96 bits per heavy atom. The average molecular weight is 385 g/mol. The Labute approximate surface area is 154 Å². The molecule has 0 bridgehead atoms. The molecular weight excluding hydrogens is 362 g/mol. The molecule has 0 spiro atoms. The minimum Gasteiger partial charge on any atom is -0.480 e. The fourth-order valence-electron chi connectivity index (χ4n) is 2.48. The molecule has 0 radical (unpaired) electrons. The summed E-state index contributed by atoms with van der Waals surface area (Å²) in [5.74, 6) is -2.18. The number of anilines is 1. The molecule has 0 saturated carbocycles. The van der Waals surface area contributed by atoms with Crippen LogP contribution in [0.5, 0.6) is 0 Å². The van der Waals surface area contributed by atoms with Gasteiger partial charge in [0.25, 0.3) is 0 Å². The Balaban J connectivity index is 2.08. The number of carboxylic acid groups (broad SMARTS) is 1. The van der Waals surface area contributed by atoms with Crippen LogP contribution in [0.25, 0.3) is 0 Å². The van der Waals surface area contributed by atoms with E-state index in [9.17, 15) is 19.5 Å². The predicted octanol–water partition coefficient (Wildman–Crippen LogP) is -2.47. The molecule has 2 rings (SSSR count). The SMILES string of the molecule is CC(O)C(NC(=O)N[C@@H](CC(N)=O)c1nnc(N2CCNCC2)o1)C(=O)O. The first-order valence-corrected chi connectivity index (χ1v) is 8.33. The maximum Gasteiger partial charge on any atom is 0.328 e. The van der Waals surface area contributed by atoms with Crippen LogP contribution >= 0.6 is 0 Å². The van der Waals surface area contributed by atoms with Crippen molar-refractivity contribution in [3.63, 3.8) is 0 Å². The molecule has 3 amide bonds. The summed E-state index contributed by atoms with van der Waals surface area (Å²) in [6, 6.07) is -3.26. The second-order valence-electron chi connectivity index (χ2n) is 6.06. The van der Waals surface area contributed by atoms with Gasteiger partial charge in [0, 0.05) is 26.2 Å². The summed E-state index contributed by atoms with van der Waals surface area (Å²) in [7, 11) is 0. The number of carboxylic acids is 1. The number of hydrogen-bond donors (Lipinski definition) is 6. The van der Waals surface area contributed by atoms with Gasteiger partial charge in [-0.15, -0.1) is 5.10 Å². The molecule has 13 nitrogen and oxygen atoms in total. The van der Waals surface area contributed by atoms with Crippen molar-refractivity contribution in [1.82, 2.24) is 26.1 Å². The van der Waals surface area contributed by atoms with Gasteiger partial charge in [0.05, 0.1) is 12.5 Å². The van der Waals surface area contributed by atoms with E-state index >= 15 is 0 Å². The van der Waals surface area contributed by atoms with Gasteiger partial charge in [0.1, 0.15) is 6.04 Å². The first-order chi connectivity index (χ1) is 12.8. The molecule has 1 fully saturated rings. The number of carbonyl (C=O) groups is 3. The zero-order valence-electron chi connectivity index (χ0n) is 14.7. The molecular formula is C14H23N7O6. The van der Waals surface area contributed by atoms with Crippen LogP contribution in [0, 0.1) is 0 Å². The fourth-order valence-corrected chi connectivity index (χ4v) is 2.48. The Kier molecular flexibility index (Phi) is 6.90. The van der Waals surface area contributed by atoms with Gasteiger partial charge in [-0.2, -0.15) is 0 Å². The lowest BCUT2D eigenvalue weighted by Crippen LogP contribution is -2.52. The summed E-state index contributed by atoms with van der Waals surface area (Å²) in [5, 5.41) is 33.8. The summed E-state index contributed by atoms with van der Waals surface area (Å²) in [6.07, 6.45) is -1.66. The van der Waals surface area contributed by atoms with Gasteiger partial charge in [-0.3, -0.25) is 4.79 Å². The molecule has 2 unspecified atom stereocenters. The summed E-state index contributed by atoms with van der Waals surface area (Å²) in [6.45, 7) is 4.03. The molecule has 3 atom stereocenters. The van der Waals surface area contributed by atoms with Crippen LogP contribution in [-0.2, 0) is 9.59 Å². The molecule has 1 aliphatic heterocycles. The monoisotopic (exact) mass is 385 g/mol. The second-order valence-corrected chi connectivity index (χ2v) is 6.06. The topological polar surface area (TPSA) is 196 Å². The highest BCUT2D eigenvalue weighted by atomic mass is 16.4. The highest BCUT2D eigenvalue weighted by Crippen LogP contribution is 2.20. The number of hydrogen-bond acceptors (Lipinski definition) is 9. The van der Waals surface area contributed by atoms with E-state index in [2.05, 4.69) is 26.1 Å². The minimum absolute atomic E-state index is 0.0404. The number of nitrogens with zero attached hydrogens (tertiary/aromatic N) is 3. The van der Waals surface area contributed by atoms with Crippen LogP contribution in [0.1, 0.15) is 25.3 Å². The number of nitrogens with one attached hydrogen (secondary N) is 3. The van der Waals surface area contributed by atoms with Crippen molar-refractivity contribution < 1.29 is 29.0 Å². The van der Waals surface area contributed by atoms with Crippen LogP contribution in [0.15, 0.2) is 4.42 Å². The van der Waals surface area contributed by atoms with E-state index in [0.29, 0.717) is 13.1 Å². The molecule has 1 aliphatic rings. The zero-order chi connectivity index (χ0) is 20.0. The number of urea groups is 1. The van der Waals surface area contributed by atoms with Crippen molar-refractivity contribution >= 4 is 23.9 Å². The van der Waals surface area contributed by atoms with Gasteiger partial charge in [-0.25, -0.2) is 9.59 Å². The van der Waals surface area contributed by atoms with Crippen LogP contribution < -0.4 is 26.6 Å². The number of carbonyl (C=O) groups excluding carboxylic acids is 2. The number of nitrogens with two attached hydrogens (primary N) is 1. The van der Waals surface area contributed by atoms with Crippen molar-refractivity contribution in [2.45, 2.75) is 31.5 Å². The summed E-state index contributed by atoms with van der Waals surface area (Å²) in [4.78, 5) is 36.3. The van der Waals surface area contributed by atoms with E-state index < -0.39 is 36.1 Å². The summed E-state index contributed by atoms with van der Waals surface area (Å²) >= 11 is 0.